The Bertz CT molecular complexity index is 490. The fourth-order valence-corrected chi connectivity index (χ4v) is 3.31. The van der Waals surface area contributed by atoms with Crippen LogP contribution in [-0.4, -0.2) is 39.3 Å². The van der Waals surface area contributed by atoms with Crippen LogP contribution in [-0.2, 0) is 14.9 Å². The SMILES string of the molecule is COCCNCC(=O)NCC1(c2ccc(F)cc2)CCCCC1.Cl. The first-order chi connectivity index (χ1) is 11.2. The average molecular weight is 359 g/mol. The molecule has 0 atom stereocenters. The minimum absolute atomic E-state index is 0. The molecule has 0 aliphatic heterocycles. The molecule has 0 bridgehead atoms. The third kappa shape index (κ3) is 6.04. The Labute approximate surface area is 149 Å². The normalized spacial score (nSPS) is 16.2. The summed E-state index contributed by atoms with van der Waals surface area (Å²) in [5.41, 5.74) is 1.07. The van der Waals surface area contributed by atoms with Crippen LogP contribution in [0.25, 0.3) is 0 Å². The Morgan fingerprint density at radius 2 is 1.88 bits per heavy atom. The Kier molecular flexibility index (Phi) is 9.26. The van der Waals surface area contributed by atoms with Crippen LogP contribution in [0.4, 0.5) is 4.39 Å². The predicted molar refractivity (Wildman–Crippen MR) is 96.2 cm³/mol. The van der Waals surface area contributed by atoms with Gasteiger partial charge < -0.3 is 15.4 Å². The lowest BCUT2D eigenvalue weighted by atomic mass is 9.69. The molecule has 0 radical (unpaired) electrons. The fourth-order valence-electron chi connectivity index (χ4n) is 3.31. The highest BCUT2D eigenvalue weighted by molar-refractivity contribution is 5.85. The molecule has 1 aromatic rings. The van der Waals surface area contributed by atoms with Crippen molar-refractivity contribution in [1.82, 2.24) is 10.6 Å². The van der Waals surface area contributed by atoms with Crippen molar-refractivity contribution in [2.75, 3.05) is 33.4 Å². The van der Waals surface area contributed by atoms with Gasteiger partial charge in [0.2, 0.25) is 5.91 Å². The van der Waals surface area contributed by atoms with Crippen molar-refractivity contribution in [2.45, 2.75) is 37.5 Å². The highest BCUT2D eigenvalue weighted by Crippen LogP contribution is 2.39. The van der Waals surface area contributed by atoms with Gasteiger partial charge in [0.25, 0.3) is 0 Å². The van der Waals surface area contributed by atoms with Gasteiger partial charge in [-0.05, 0) is 30.5 Å². The Balaban J connectivity index is 0.00000288. The maximum atomic E-state index is 13.2. The van der Waals surface area contributed by atoms with Crippen LogP contribution in [0, 0.1) is 5.82 Å². The maximum absolute atomic E-state index is 13.2. The van der Waals surface area contributed by atoms with Gasteiger partial charge in [0.05, 0.1) is 13.2 Å². The highest BCUT2D eigenvalue weighted by Gasteiger charge is 2.34. The topological polar surface area (TPSA) is 50.4 Å². The number of ether oxygens (including phenoxy) is 1. The minimum Gasteiger partial charge on any atom is -0.383 e. The summed E-state index contributed by atoms with van der Waals surface area (Å²) in [5.74, 6) is -0.223. The van der Waals surface area contributed by atoms with Crippen molar-refractivity contribution in [3.63, 3.8) is 0 Å². The smallest absolute Gasteiger partial charge is 0.233 e. The third-order valence-corrected chi connectivity index (χ3v) is 4.66. The lowest BCUT2D eigenvalue weighted by Gasteiger charge is -2.38. The number of halogens is 2. The predicted octanol–water partition coefficient (Wildman–Crippen LogP) is 2.80. The summed E-state index contributed by atoms with van der Waals surface area (Å²) in [7, 11) is 1.64. The number of hydrogen-bond acceptors (Lipinski definition) is 3. The second-order valence-corrected chi connectivity index (χ2v) is 6.29. The van der Waals surface area contributed by atoms with E-state index < -0.39 is 0 Å². The second-order valence-electron chi connectivity index (χ2n) is 6.29. The standard InChI is InChI=1S/C18H27FN2O2.ClH/c1-23-12-11-20-13-17(22)21-14-18(9-3-2-4-10-18)15-5-7-16(19)8-6-15;/h5-8,20H,2-4,9-14H2,1H3,(H,21,22);1H. The number of nitrogens with one attached hydrogen (secondary N) is 2. The molecule has 0 saturated heterocycles. The molecule has 6 heteroatoms. The van der Waals surface area contributed by atoms with E-state index >= 15 is 0 Å². The van der Waals surface area contributed by atoms with Gasteiger partial charge in [-0.1, -0.05) is 31.4 Å². The molecule has 0 spiro atoms. The molecule has 1 fully saturated rings. The number of carbonyl (C=O) groups excluding carboxylic acids is 1. The van der Waals surface area contributed by atoms with Crippen LogP contribution in [0.15, 0.2) is 24.3 Å². The quantitative estimate of drug-likeness (QED) is 0.702. The van der Waals surface area contributed by atoms with Crippen LogP contribution in [0.3, 0.4) is 0 Å². The molecule has 1 amide bonds. The molecular formula is C18H28ClFN2O2. The van der Waals surface area contributed by atoms with E-state index in [0.29, 0.717) is 26.2 Å². The van der Waals surface area contributed by atoms with E-state index in [0.717, 1.165) is 31.2 Å². The zero-order chi connectivity index (χ0) is 16.5. The molecule has 1 aliphatic carbocycles. The van der Waals surface area contributed by atoms with Crippen LogP contribution in [0.5, 0.6) is 0 Å². The first-order valence-corrected chi connectivity index (χ1v) is 8.39. The van der Waals surface area contributed by atoms with E-state index in [2.05, 4.69) is 10.6 Å². The number of carbonyl (C=O) groups is 1. The van der Waals surface area contributed by atoms with Gasteiger partial charge in [0, 0.05) is 25.6 Å². The number of benzene rings is 1. The molecule has 2 rings (SSSR count). The van der Waals surface area contributed by atoms with Crippen LogP contribution in [0.1, 0.15) is 37.7 Å². The third-order valence-electron chi connectivity index (χ3n) is 4.66. The first kappa shape index (κ1) is 20.9. The van der Waals surface area contributed by atoms with E-state index in [1.165, 1.54) is 18.6 Å². The first-order valence-electron chi connectivity index (χ1n) is 8.39. The van der Waals surface area contributed by atoms with Gasteiger partial charge in [-0.15, -0.1) is 12.4 Å². The molecule has 1 aliphatic rings. The summed E-state index contributed by atoms with van der Waals surface area (Å²) in [6, 6.07) is 6.76. The molecule has 4 nitrogen and oxygen atoms in total. The maximum Gasteiger partial charge on any atom is 0.233 e. The summed E-state index contributed by atoms with van der Waals surface area (Å²) in [6.07, 6.45) is 5.61. The number of hydrogen-bond donors (Lipinski definition) is 2. The lowest BCUT2D eigenvalue weighted by Crippen LogP contribution is -2.45. The summed E-state index contributed by atoms with van der Waals surface area (Å²) >= 11 is 0. The number of rotatable bonds is 8. The van der Waals surface area contributed by atoms with Crippen molar-refractivity contribution in [3.05, 3.63) is 35.6 Å². The largest absolute Gasteiger partial charge is 0.383 e. The number of methoxy groups -OCH3 is 1. The minimum atomic E-state index is -0.217. The van der Waals surface area contributed by atoms with E-state index in [1.54, 1.807) is 7.11 Å². The van der Waals surface area contributed by atoms with Crippen molar-refractivity contribution < 1.29 is 13.9 Å². The van der Waals surface area contributed by atoms with E-state index in [-0.39, 0.29) is 29.5 Å². The van der Waals surface area contributed by atoms with E-state index in [4.69, 9.17) is 4.74 Å². The van der Waals surface area contributed by atoms with Gasteiger partial charge >= 0.3 is 0 Å². The molecule has 24 heavy (non-hydrogen) atoms. The van der Waals surface area contributed by atoms with Gasteiger partial charge in [-0.2, -0.15) is 0 Å². The average Bonchev–Trinajstić information content (AvgIpc) is 2.58. The number of amides is 1. The van der Waals surface area contributed by atoms with Crippen LogP contribution < -0.4 is 10.6 Å². The second kappa shape index (κ2) is 10.6. The van der Waals surface area contributed by atoms with Crippen molar-refractivity contribution >= 4 is 18.3 Å². The summed E-state index contributed by atoms with van der Waals surface area (Å²) < 4.78 is 18.1. The van der Waals surface area contributed by atoms with Gasteiger partial charge in [-0.3, -0.25) is 4.79 Å². The van der Waals surface area contributed by atoms with Crippen LogP contribution >= 0.6 is 12.4 Å². The highest BCUT2D eigenvalue weighted by atomic mass is 35.5. The monoisotopic (exact) mass is 358 g/mol. The van der Waals surface area contributed by atoms with E-state index in [1.807, 2.05) is 12.1 Å². The van der Waals surface area contributed by atoms with Gasteiger partial charge in [0.15, 0.2) is 0 Å². The Hall–Kier alpha value is -1.17. The molecule has 0 unspecified atom stereocenters. The van der Waals surface area contributed by atoms with E-state index in [9.17, 15) is 9.18 Å². The molecular weight excluding hydrogens is 331 g/mol. The Morgan fingerprint density at radius 3 is 2.50 bits per heavy atom. The lowest BCUT2D eigenvalue weighted by molar-refractivity contribution is -0.120. The van der Waals surface area contributed by atoms with Crippen LogP contribution in [0.2, 0.25) is 0 Å². The zero-order valence-corrected chi connectivity index (χ0v) is 15.1. The molecule has 2 N–H and O–H groups in total. The molecule has 1 saturated carbocycles. The summed E-state index contributed by atoms with van der Waals surface area (Å²) in [5, 5.41) is 6.09. The molecule has 1 aromatic carbocycles. The zero-order valence-electron chi connectivity index (χ0n) is 14.3. The molecule has 136 valence electrons. The molecule has 0 heterocycles. The molecule has 0 aromatic heterocycles. The van der Waals surface area contributed by atoms with Gasteiger partial charge in [0.1, 0.15) is 5.82 Å². The summed E-state index contributed by atoms with van der Waals surface area (Å²) in [4.78, 5) is 12.0. The Morgan fingerprint density at radius 1 is 1.21 bits per heavy atom. The summed E-state index contributed by atoms with van der Waals surface area (Å²) in [6.45, 7) is 2.16. The van der Waals surface area contributed by atoms with Crippen molar-refractivity contribution in [2.24, 2.45) is 0 Å². The fraction of sp³-hybridized carbons (Fsp3) is 0.611. The van der Waals surface area contributed by atoms with Gasteiger partial charge in [-0.25, -0.2) is 4.39 Å². The van der Waals surface area contributed by atoms with Crippen molar-refractivity contribution in [3.8, 4) is 0 Å². The van der Waals surface area contributed by atoms with Crippen molar-refractivity contribution in [1.29, 1.82) is 0 Å².